The first-order chi connectivity index (χ1) is 6.65. The number of fused-ring (bicyclic) bond motifs is 1. The van der Waals surface area contributed by atoms with Crippen LogP contribution in [0.15, 0.2) is 0 Å². The van der Waals surface area contributed by atoms with Crippen molar-refractivity contribution in [2.45, 2.75) is 44.2 Å². The third-order valence-electron chi connectivity index (χ3n) is 3.13. The van der Waals surface area contributed by atoms with E-state index in [1.54, 1.807) is 0 Å². The van der Waals surface area contributed by atoms with Gasteiger partial charge in [-0.25, -0.2) is 4.79 Å². The Hall–Kier alpha value is -0.610. The second-order valence-electron chi connectivity index (χ2n) is 4.31. The molecule has 0 aromatic carbocycles. The lowest BCUT2D eigenvalue weighted by atomic mass is 9.94. The van der Waals surface area contributed by atoms with Gasteiger partial charge in [0.1, 0.15) is 0 Å². The van der Waals surface area contributed by atoms with Gasteiger partial charge in [-0.2, -0.15) is 5.06 Å². The number of esters is 1. The van der Waals surface area contributed by atoms with Gasteiger partial charge in [-0.3, -0.25) is 4.84 Å². The lowest BCUT2D eigenvalue weighted by molar-refractivity contribution is -0.218. The monoisotopic (exact) mass is 199 g/mol. The minimum atomic E-state index is -0.746. The number of carbonyl (C=O) groups is 1. The highest BCUT2D eigenvalue weighted by atomic mass is 16.7. The summed E-state index contributed by atoms with van der Waals surface area (Å²) in [5.41, 5.74) is -0.746. The Kier molecular flexibility index (Phi) is 2.49. The summed E-state index contributed by atoms with van der Waals surface area (Å²) in [6, 6.07) is 0.410. The molecule has 0 N–H and O–H groups in total. The average molecular weight is 199 g/mol. The molecule has 4 heteroatoms. The Morgan fingerprint density at radius 3 is 3.00 bits per heavy atom. The molecule has 2 aliphatic heterocycles. The van der Waals surface area contributed by atoms with Gasteiger partial charge in [0.15, 0.2) is 5.60 Å². The predicted octanol–water partition coefficient (Wildman–Crippen LogP) is 1.11. The zero-order valence-electron chi connectivity index (χ0n) is 8.78. The van der Waals surface area contributed by atoms with Gasteiger partial charge < -0.3 is 4.74 Å². The number of hydrogen-bond acceptors (Lipinski definition) is 4. The standard InChI is InChI=1S/C10H17NO3/c1-10(9(12)13-2)7-8-5-3-4-6-11(8)14-10/h8H,3-7H2,1-2H3/t8-,10-/m1/s1. The van der Waals surface area contributed by atoms with Gasteiger partial charge >= 0.3 is 5.97 Å². The molecule has 0 radical (unpaired) electrons. The first-order valence-electron chi connectivity index (χ1n) is 5.20. The maximum absolute atomic E-state index is 11.5. The van der Waals surface area contributed by atoms with Crippen molar-refractivity contribution in [2.24, 2.45) is 0 Å². The zero-order valence-corrected chi connectivity index (χ0v) is 8.78. The van der Waals surface area contributed by atoms with E-state index in [9.17, 15) is 4.79 Å². The molecule has 0 aromatic heterocycles. The molecule has 2 heterocycles. The van der Waals surface area contributed by atoms with Gasteiger partial charge in [-0.15, -0.1) is 0 Å². The minimum Gasteiger partial charge on any atom is -0.467 e. The largest absolute Gasteiger partial charge is 0.467 e. The maximum atomic E-state index is 11.5. The van der Waals surface area contributed by atoms with Crippen LogP contribution in [0.25, 0.3) is 0 Å². The normalized spacial score (nSPS) is 38.0. The number of hydrogen-bond donors (Lipinski definition) is 0. The third-order valence-corrected chi connectivity index (χ3v) is 3.13. The van der Waals surface area contributed by atoms with Gasteiger partial charge in [0.25, 0.3) is 0 Å². The van der Waals surface area contributed by atoms with E-state index >= 15 is 0 Å². The molecule has 4 nitrogen and oxygen atoms in total. The molecule has 2 atom stereocenters. The number of nitrogens with zero attached hydrogens (tertiary/aromatic N) is 1. The molecule has 0 aromatic rings. The van der Waals surface area contributed by atoms with Crippen LogP contribution in [0.2, 0.25) is 0 Å². The van der Waals surface area contributed by atoms with Gasteiger partial charge in [-0.05, 0) is 19.8 Å². The number of ether oxygens (including phenoxy) is 1. The third kappa shape index (κ3) is 1.53. The Morgan fingerprint density at radius 2 is 2.36 bits per heavy atom. The predicted molar refractivity (Wildman–Crippen MR) is 50.5 cm³/mol. The number of methoxy groups -OCH3 is 1. The highest BCUT2D eigenvalue weighted by Crippen LogP contribution is 2.36. The Morgan fingerprint density at radius 1 is 1.57 bits per heavy atom. The summed E-state index contributed by atoms with van der Waals surface area (Å²) in [6.07, 6.45) is 4.29. The van der Waals surface area contributed by atoms with Crippen molar-refractivity contribution < 1.29 is 14.4 Å². The van der Waals surface area contributed by atoms with E-state index in [2.05, 4.69) is 0 Å². The smallest absolute Gasteiger partial charge is 0.340 e. The molecule has 0 saturated carbocycles. The summed E-state index contributed by atoms with van der Waals surface area (Å²) in [6.45, 7) is 2.76. The van der Waals surface area contributed by atoms with E-state index in [4.69, 9.17) is 9.57 Å². The molecule has 0 aliphatic carbocycles. The van der Waals surface area contributed by atoms with Crippen LogP contribution in [0, 0.1) is 0 Å². The summed E-state index contributed by atoms with van der Waals surface area (Å²) in [4.78, 5) is 17.2. The molecule has 0 amide bonds. The van der Waals surface area contributed by atoms with Crippen LogP contribution in [0.5, 0.6) is 0 Å². The van der Waals surface area contributed by atoms with E-state index < -0.39 is 5.60 Å². The highest BCUT2D eigenvalue weighted by molar-refractivity contribution is 5.79. The summed E-state index contributed by atoms with van der Waals surface area (Å²) in [7, 11) is 1.41. The van der Waals surface area contributed by atoms with Crippen molar-refractivity contribution >= 4 is 5.97 Å². The van der Waals surface area contributed by atoms with Crippen LogP contribution in [0.3, 0.4) is 0 Å². The second kappa shape index (κ2) is 3.51. The lowest BCUT2D eigenvalue weighted by Crippen LogP contribution is -2.37. The van der Waals surface area contributed by atoms with Crippen LogP contribution in [-0.4, -0.2) is 36.3 Å². The number of carbonyl (C=O) groups excluding carboxylic acids is 1. The fourth-order valence-electron chi connectivity index (χ4n) is 2.38. The number of piperidine rings is 1. The van der Waals surface area contributed by atoms with Gasteiger partial charge in [0, 0.05) is 19.0 Å². The molecule has 0 bridgehead atoms. The Bertz CT molecular complexity index is 228. The first kappa shape index (κ1) is 9.93. The van der Waals surface area contributed by atoms with Gasteiger partial charge in [-0.1, -0.05) is 6.42 Å². The molecular formula is C10H17NO3. The molecule has 2 aliphatic rings. The molecule has 2 saturated heterocycles. The zero-order chi connectivity index (χ0) is 10.2. The van der Waals surface area contributed by atoms with Crippen molar-refractivity contribution in [3.05, 3.63) is 0 Å². The number of hydroxylamine groups is 2. The van der Waals surface area contributed by atoms with Crippen molar-refractivity contribution in [1.82, 2.24) is 5.06 Å². The molecule has 2 rings (SSSR count). The quantitative estimate of drug-likeness (QED) is 0.593. The van der Waals surface area contributed by atoms with Gasteiger partial charge in [0.05, 0.1) is 7.11 Å². The van der Waals surface area contributed by atoms with E-state index in [0.717, 1.165) is 25.8 Å². The summed E-state index contributed by atoms with van der Waals surface area (Å²) in [5, 5.41) is 1.96. The van der Waals surface area contributed by atoms with Crippen LogP contribution < -0.4 is 0 Å². The fraction of sp³-hybridized carbons (Fsp3) is 0.900. The van der Waals surface area contributed by atoms with E-state index in [0.29, 0.717) is 6.04 Å². The number of rotatable bonds is 1. The molecule has 0 unspecified atom stereocenters. The van der Waals surface area contributed by atoms with Crippen LogP contribution in [-0.2, 0) is 14.4 Å². The average Bonchev–Trinajstić information content (AvgIpc) is 2.54. The van der Waals surface area contributed by atoms with E-state index in [1.807, 2.05) is 12.0 Å². The van der Waals surface area contributed by atoms with Crippen molar-refractivity contribution in [1.29, 1.82) is 0 Å². The summed E-state index contributed by atoms with van der Waals surface area (Å²) in [5.74, 6) is -0.258. The van der Waals surface area contributed by atoms with Crippen molar-refractivity contribution in [2.75, 3.05) is 13.7 Å². The van der Waals surface area contributed by atoms with Crippen molar-refractivity contribution in [3.63, 3.8) is 0 Å². The van der Waals surface area contributed by atoms with Crippen LogP contribution >= 0.6 is 0 Å². The van der Waals surface area contributed by atoms with E-state index in [-0.39, 0.29) is 5.97 Å². The molecule has 2 fully saturated rings. The van der Waals surface area contributed by atoms with Crippen molar-refractivity contribution in [3.8, 4) is 0 Å². The van der Waals surface area contributed by atoms with E-state index in [1.165, 1.54) is 13.5 Å². The summed E-state index contributed by atoms with van der Waals surface area (Å²) >= 11 is 0. The fourth-order valence-corrected chi connectivity index (χ4v) is 2.38. The first-order valence-corrected chi connectivity index (χ1v) is 5.20. The van der Waals surface area contributed by atoms with Crippen LogP contribution in [0.1, 0.15) is 32.6 Å². The SMILES string of the molecule is COC(=O)[C@@]1(C)C[C@H]2CCCCN2O1. The molecule has 14 heavy (non-hydrogen) atoms. The summed E-state index contributed by atoms with van der Waals surface area (Å²) < 4.78 is 4.75. The molecule has 80 valence electrons. The topological polar surface area (TPSA) is 38.8 Å². The van der Waals surface area contributed by atoms with Gasteiger partial charge in [0.2, 0.25) is 0 Å². The lowest BCUT2D eigenvalue weighted by Gasteiger charge is -2.27. The molecule has 0 spiro atoms. The van der Waals surface area contributed by atoms with Crippen LogP contribution in [0.4, 0.5) is 0 Å². The minimum absolute atomic E-state index is 0.258. The Labute approximate surface area is 84.1 Å². The Balaban J connectivity index is 2.07. The highest BCUT2D eigenvalue weighted by Gasteiger charge is 2.48. The maximum Gasteiger partial charge on any atom is 0.340 e. The second-order valence-corrected chi connectivity index (χ2v) is 4.31. The molecular weight excluding hydrogens is 182 g/mol.